The van der Waals surface area contributed by atoms with Crippen molar-refractivity contribution in [2.75, 3.05) is 6.61 Å². The van der Waals surface area contributed by atoms with Crippen molar-refractivity contribution in [3.63, 3.8) is 0 Å². The fraction of sp³-hybridized carbons (Fsp3) is 0.810. The Labute approximate surface area is 173 Å². The van der Waals surface area contributed by atoms with Gasteiger partial charge in [0.2, 0.25) is 0 Å². The summed E-state index contributed by atoms with van der Waals surface area (Å²) >= 11 is 0. The van der Waals surface area contributed by atoms with Crippen molar-refractivity contribution in [2.45, 2.75) is 101 Å². The average Bonchev–Trinajstić information content (AvgIpc) is 2.63. The minimum Gasteiger partial charge on any atom is -0.394 e. The zero-order valence-electron chi connectivity index (χ0n) is 17.9. The van der Waals surface area contributed by atoms with Crippen LogP contribution in [-0.2, 0) is 9.47 Å². The van der Waals surface area contributed by atoms with E-state index in [1.165, 1.54) is 6.08 Å². The smallest absolute Gasteiger partial charge is 0.187 e. The Balaban J connectivity index is 2.72. The number of hydrogen-bond donors (Lipinski definition) is 6. The molecule has 0 bridgehead atoms. The summed E-state index contributed by atoms with van der Waals surface area (Å²) in [4.78, 5) is 0. The van der Waals surface area contributed by atoms with Gasteiger partial charge < -0.3 is 40.1 Å². The third-order valence-electron chi connectivity index (χ3n) is 5.32. The molecule has 1 heterocycles. The van der Waals surface area contributed by atoms with Crippen molar-refractivity contribution in [2.24, 2.45) is 0 Å². The molecule has 0 unspecified atom stereocenters. The first-order valence-corrected chi connectivity index (χ1v) is 10.0. The lowest BCUT2D eigenvalue weighted by atomic mass is 9.94. The van der Waals surface area contributed by atoms with E-state index in [0.29, 0.717) is 25.7 Å². The maximum atomic E-state index is 10.5. The van der Waals surface area contributed by atoms with E-state index in [1.54, 1.807) is 20.8 Å². The number of rotatable bonds is 11. The average molecular weight is 419 g/mol. The molecule has 0 saturated carbocycles. The fourth-order valence-corrected chi connectivity index (χ4v) is 3.10. The van der Waals surface area contributed by atoms with Crippen molar-refractivity contribution in [1.82, 2.24) is 0 Å². The van der Waals surface area contributed by atoms with E-state index >= 15 is 0 Å². The Morgan fingerprint density at radius 3 is 2.28 bits per heavy atom. The van der Waals surface area contributed by atoms with Crippen LogP contribution in [0.1, 0.15) is 53.4 Å². The van der Waals surface area contributed by atoms with E-state index in [0.717, 1.165) is 5.57 Å². The van der Waals surface area contributed by atoms with E-state index in [2.05, 4.69) is 6.58 Å². The number of hydrogen-bond acceptors (Lipinski definition) is 8. The highest BCUT2D eigenvalue weighted by atomic mass is 16.7. The Bertz CT molecular complexity index is 537. The minimum atomic E-state index is -1.53. The summed E-state index contributed by atoms with van der Waals surface area (Å²) in [5, 5.41) is 59.7. The van der Waals surface area contributed by atoms with E-state index in [4.69, 9.17) is 9.47 Å². The second-order valence-corrected chi connectivity index (χ2v) is 8.66. The van der Waals surface area contributed by atoms with Gasteiger partial charge in [0.05, 0.1) is 23.9 Å². The first-order valence-electron chi connectivity index (χ1n) is 10.0. The standard InChI is InChI=1S/C21H38O8/c1-6-21(5,27)11-7-8-13(2)9-10-15(20(3,4)26)29-19-18(25)17(24)16(23)14(12-22)28-19/h6,8,14-19,22-27H,1,7,9-12H2,2-5H3/b13-8+/t14-,15+,16-,17+,18-,19+,21+/m1/s1. The Morgan fingerprint density at radius 2 is 1.76 bits per heavy atom. The van der Waals surface area contributed by atoms with Crippen molar-refractivity contribution < 1.29 is 40.1 Å². The van der Waals surface area contributed by atoms with Gasteiger partial charge in [-0.2, -0.15) is 0 Å². The Hall–Kier alpha value is -0.840. The van der Waals surface area contributed by atoms with E-state index in [1.807, 2.05) is 13.0 Å². The molecule has 8 heteroatoms. The van der Waals surface area contributed by atoms with Crippen LogP contribution in [0.25, 0.3) is 0 Å². The summed E-state index contributed by atoms with van der Waals surface area (Å²) < 4.78 is 11.1. The predicted molar refractivity (Wildman–Crippen MR) is 108 cm³/mol. The molecule has 170 valence electrons. The molecule has 0 spiro atoms. The summed E-state index contributed by atoms with van der Waals surface area (Å²) in [6, 6.07) is 0. The monoisotopic (exact) mass is 418 g/mol. The minimum absolute atomic E-state index is 0.415. The number of aliphatic hydroxyl groups is 6. The zero-order valence-corrected chi connectivity index (χ0v) is 17.9. The number of ether oxygens (including phenoxy) is 2. The number of allylic oxidation sites excluding steroid dienone is 2. The maximum Gasteiger partial charge on any atom is 0.187 e. The van der Waals surface area contributed by atoms with E-state index < -0.39 is 54.6 Å². The highest BCUT2D eigenvalue weighted by molar-refractivity contribution is 5.02. The molecule has 1 saturated heterocycles. The molecule has 0 aromatic heterocycles. The van der Waals surface area contributed by atoms with Gasteiger partial charge in [-0.25, -0.2) is 0 Å². The molecule has 7 atom stereocenters. The third-order valence-corrected chi connectivity index (χ3v) is 5.32. The van der Waals surface area contributed by atoms with Gasteiger partial charge >= 0.3 is 0 Å². The summed E-state index contributed by atoms with van der Waals surface area (Å²) in [6.07, 6.45) is -1.87. The van der Waals surface area contributed by atoms with Gasteiger partial charge in [0, 0.05) is 0 Å². The molecule has 0 aromatic carbocycles. The molecule has 1 fully saturated rings. The van der Waals surface area contributed by atoms with Crippen LogP contribution in [0.15, 0.2) is 24.3 Å². The molecule has 1 rings (SSSR count). The lowest BCUT2D eigenvalue weighted by molar-refractivity contribution is -0.322. The third kappa shape index (κ3) is 8.07. The van der Waals surface area contributed by atoms with Crippen molar-refractivity contribution >= 4 is 0 Å². The second kappa shape index (κ2) is 11.0. The first kappa shape index (κ1) is 26.2. The van der Waals surface area contributed by atoms with Gasteiger partial charge in [0.1, 0.15) is 24.4 Å². The number of aliphatic hydroxyl groups excluding tert-OH is 4. The van der Waals surface area contributed by atoms with Gasteiger partial charge in [0.25, 0.3) is 0 Å². The molecule has 0 radical (unpaired) electrons. The normalized spacial score (nSPS) is 31.9. The van der Waals surface area contributed by atoms with Gasteiger partial charge in [0.15, 0.2) is 6.29 Å². The van der Waals surface area contributed by atoms with Crippen LogP contribution < -0.4 is 0 Å². The predicted octanol–water partition coefficient (Wildman–Crippen LogP) is 0.386. The summed E-state index contributed by atoms with van der Waals surface area (Å²) in [5.74, 6) is 0. The molecule has 6 N–H and O–H groups in total. The Morgan fingerprint density at radius 1 is 1.14 bits per heavy atom. The van der Waals surface area contributed by atoms with Crippen LogP contribution in [0.2, 0.25) is 0 Å². The Kier molecular flexibility index (Phi) is 9.91. The van der Waals surface area contributed by atoms with Crippen molar-refractivity contribution in [3.05, 3.63) is 24.3 Å². The topological polar surface area (TPSA) is 140 Å². The summed E-state index contributed by atoms with van der Waals surface area (Å²) in [6.45, 7) is 9.84. The molecule has 1 aliphatic rings. The molecule has 0 aliphatic carbocycles. The van der Waals surface area contributed by atoms with Gasteiger partial charge in [-0.15, -0.1) is 6.58 Å². The van der Waals surface area contributed by atoms with Gasteiger partial charge in [-0.3, -0.25) is 0 Å². The van der Waals surface area contributed by atoms with Crippen LogP contribution >= 0.6 is 0 Å². The van der Waals surface area contributed by atoms with Crippen LogP contribution in [0.4, 0.5) is 0 Å². The highest BCUT2D eigenvalue weighted by Gasteiger charge is 2.46. The summed E-state index contributed by atoms with van der Waals surface area (Å²) in [5.41, 5.74) is -1.12. The van der Waals surface area contributed by atoms with Crippen molar-refractivity contribution in [3.8, 4) is 0 Å². The second-order valence-electron chi connectivity index (χ2n) is 8.66. The maximum absolute atomic E-state index is 10.5. The van der Waals surface area contributed by atoms with Crippen LogP contribution in [0.3, 0.4) is 0 Å². The molecular weight excluding hydrogens is 380 g/mol. The molecule has 0 amide bonds. The van der Waals surface area contributed by atoms with Gasteiger partial charge in [-0.1, -0.05) is 17.7 Å². The van der Waals surface area contributed by atoms with Gasteiger partial charge in [-0.05, 0) is 53.4 Å². The molecular formula is C21H38O8. The summed E-state index contributed by atoms with van der Waals surface area (Å²) in [7, 11) is 0. The SMILES string of the molecule is C=C[C@](C)(O)CC/C=C(\C)CC[C@H](O[C@@H]1O[C@H](CO)[C@@H](O)[C@H](O)[C@H]1O)C(C)(C)O. The highest BCUT2D eigenvalue weighted by Crippen LogP contribution is 2.28. The lowest BCUT2D eigenvalue weighted by Crippen LogP contribution is -2.60. The quantitative estimate of drug-likeness (QED) is 0.265. The molecule has 1 aliphatic heterocycles. The van der Waals surface area contributed by atoms with Crippen LogP contribution in [0.5, 0.6) is 0 Å². The largest absolute Gasteiger partial charge is 0.394 e. The van der Waals surface area contributed by atoms with Crippen LogP contribution in [-0.4, -0.2) is 85.3 Å². The molecule has 29 heavy (non-hydrogen) atoms. The van der Waals surface area contributed by atoms with Crippen molar-refractivity contribution in [1.29, 1.82) is 0 Å². The van der Waals surface area contributed by atoms with E-state index in [9.17, 15) is 30.6 Å². The van der Waals surface area contributed by atoms with E-state index in [-0.39, 0.29) is 0 Å². The first-order chi connectivity index (χ1) is 13.3. The van der Waals surface area contributed by atoms with Crippen LogP contribution in [0, 0.1) is 0 Å². The zero-order chi connectivity index (χ0) is 22.4. The molecule has 8 nitrogen and oxygen atoms in total. The molecule has 0 aromatic rings. The lowest BCUT2D eigenvalue weighted by Gasteiger charge is -2.42. The fourth-order valence-electron chi connectivity index (χ4n) is 3.10.